The van der Waals surface area contributed by atoms with Crippen LogP contribution in [0, 0.1) is 6.92 Å². The van der Waals surface area contributed by atoms with Crippen molar-refractivity contribution >= 4 is 40.1 Å². The van der Waals surface area contributed by atoms with Crippen molar-refractivity contribution in [2.45, 2.75) is 38.9 Å². The average Bonchev–Trinajstić information content (AvgIpc) is 3.40. The summed E-state index contributed by atoms with van der Waals surface area (Å²) in [5.74, 6) is -1.99. The van der Waals surface area contributed by atoms with Crippen LogP contribution in [0.2, 0.25) is 0 Å². The van der Waals surface area contributed by atoms with Crippen molar-refractivity contribution in [2.24, 2.45) is 7.05 Å². The summed E-state index contributed by atoms with van der Waals surface area (Å²) in [4.78, 5) is 30.8. The maximum absolute atomic E-state index is 13.2. The normalized spacial score (nSPS) is 16.6. The van der Waals surface area contributed by atoms with Crippen LogP contribution in [0.3, 0.4) is 0 Å². The number of carbonyl (C=O) groups is 2. The van der Waals surface area contributed by atoms with Gasteiger partial charge in [-0.3, -0.25) is 9.58 Å². The Labute approximate surface area is 217 Å². The van der Waals surface area contributed by atoms with E-state index in [0.29, 0.717) is 6.54 Å². The minimum atomic E-state index is -5.08. The predicted octanol–water partition coefficient (Wildman–Crippen LogP) is 3.69. The molecule has 10 nitrogen and oxygen atoms in total. The smallest absolute Gasteiger partial charge is 0.475 e. The van der Waals surface area contributed by atoms with Crippen molar-refractivity contribution in [1.82, 2.24) is 20.1 Å². The summed E-state index contributed by atoms with van der Waals surface area (Å²) in [6.07, 6.45) is -0.489. The SMILES string of the molecule is Cc1cc2nn(C)cc2cc1NC(=O)N1CCc2c(N3CCNC(C)(C)C3)ccnc21.O=C(O)C(F)(F)F. The standard InChI is InChI=1S/C23H29N7O.C2HF3O2/c1-15-11-19-16(13-28(4)27-19)12-18(15)26-22(31)30-9-6-17-20(5-7-24-21(17)30)29-10-8-25-23(2,3)14-29;3-2(4,5)1(6)7/h5,7,11-13,25H,6,8-10,14H2,1-4H3,(H,26,31);(H,6,7). The lowest BCUT2D eigenvalue weighted by atomic mass is 10.0. The number of pyridine rings is 1. The second kappa shape index (κ2) is 10.1. The Morgan fingerprint density at radius 1 is 1.21 bits per heavy atom. The second-order valence-electron chi connectivity index (χ2n) is 10.0. The van der Waals surface area contributed by atoms with Crippen molar-refractivity contribution in [3.8, 4) is 0 Å². The Hall–Kier alpha value is -3.87. The molecule has 0 spiro atoms. The first-order valence-electron chi connectivity index (χ1n) is 12.1. The Bertz CT molecular complexity index is 1370. The molecular formula is C25H30F3N7O3. The number of rotatable bonds is 2. The first-order chi connectivity index (χ1) is 17.7. The number of aromatic nitrogens is 3. The van der Waals surface area contributed by atoms with Gasteiger partial charge in [0.25, 0.3) is 0 Å². The van der Waals surface area contributed by atoms with Crippen molar-refractivity contribution < 1.29 is 27.9 Å². The van der Waals surface area contributed by atoms with Crippen LogP contribution in [0.5, 0.6) is 0 Å². The molecule has 0 unspecified atom stereocenters. The van der Waals surface area contributed by atoms with Gasteiger partial charge in [-0.1, -0.05) is 0 Å². The maximum atomic E-state index is 13.2. The Kier molecular flexibility index (Phi) is 7.24. The molecule has 1 saturated heterocycles. The number of amides is 2. The van der Waals surface area contributed by atoms with Crippen molar-refractivity contribution in [3.63, 3.8) is 0 Å². The first kappa shape index (κ1) is 27.2. The van der Waals surface area contributed by atoms with Gasteiger partial charge >= 0.3 is 18.2 Å². The summed E-state index contributed by atoms with van der Waals surface area (Å²) in [6, 6.07) is 5.93. The number of nitrogens with one attached hydrogen (secondary N) is 2. The first-order valence-corrected chi connectivity index (χ1v) is 12.1. The van der Waals surface area contributed by atoms with Gasteiger partial charge in [-0.25, -0.2) is 14.6 Å². The van der Waals surface area contributed by atoms with Crippen LogP contribution < -0.4 is 20.4 Å². The van der Waals surface area contributed by atoms with E-state index in [1.807, 2.05) is 38.5 Å². The number of benzene rings is 1. The number of carbonyl (C=O) groups excluding carboxylic acids is 1. The Balaban J connectivity index is 0.000000426. The zero-order chi connectivity index (χ0) is 27.8. The number of nitrogens with zero attached hydrogens (tertiary/aromatic N) is 5. The zero-order valence-corrected chi connectivity index (χ0v) is 21.6. The van der Waals surface area contributed by atoms with Crippen LogP contribution >= 0.6 is 0 Å². The number of piperazine rings is 1. The van der Waals surface area contributed by atoms with Crippen molar-refractivity contribution in [3.05, 3.63) is 41.7 Å². The monoisotopic (exact) mass is 533 g/mol. The minimum absolute atomic E-state index is 0.0620. The number of carboxylic acid groups (broad SMARTS) is 1. The molecule has 1 fully saturated rings. The van der Waals surface area contributed by atoms with Crippen molar-refractivity contribution in [1.29, 1.82) is 0 Å². The molecule has 0 bridgehead atoms. The number of fused-ring (bicyclic) bond motifs is 2. The van der Waals surface area contributed by atoms with Crippen LogP contribution in [0.1, 0.15) is 25.0 Å². The summed E-state index contributed by atoms with van der Waals surface area (Å²) >= 11 is 0. The highest BCUT2D eigenvalue weighted by Crippen LogP contribution is 2.35. The van der Waals surface area contributed by atoms with Gasteiger partial charge in [0.1, 0.15) is 5.82 Å². The van der Waals surface area contributed by atoms with Gasteiger partial charge in [-0.2, -0.15) is 18.3 Å². The highest BCUT2D eigenvalue weighted by molar-refractivity contribution is 6.04. The fraction of sp³-hybridized carbons (Fsp3) is 0.440. The highest BCUT2D eigenvalue weighted by Gasteiger charge is 2.38. The number of hydrogen-bond acceptors (Lipinski definition) is 6. The zero-order valence-electron chi connectivity index (χ0n) is 21.6. The molecule has 2 aromatic heterocycles. The molecule has 0 atom stereocenters. The summed E-state index contributed by atoms with van der Waals surface area (Å²) in [5.41, 5.74) is 5.14. The molecule has 0 aliphatic carbocycles. The van der Waals surface area contributed by atoms with E-state index in [0.717, 1.165) is 59.6 Å². The van der Waals surface area contributed by atoms with E-state index in [-0.39, 0.29) is 11.6 Å². The van der Waals surface area contributed by atoms with E-state index >= 15 is 0 Å². The van der Waals surface area contributed by atoms with Gasteiger partial charge < -0.3 is 20.6 Å². The largest absolute Gasteiger partial charge is 0.490 e. The minimum Gasteiger partial charge on any atom is -0.475 e. The Morgan fingerprint density at radius 3 is 2.58 bits per heavy atom. The Morgan fingerprint density at radius 2 is 1.92 bits per heavy atom. The quantitative estimate of drug-likeness (QED) is 0.460. The van der Waals surface area contributed by atoms with E-state index in [9.17, 15) is 18.0 Å². The van der Waals surface area contributed by atoms with Gasteiger partial charge in [0.15, 0.2) is 0 Å². The topological polar surface area (TPSA) is 116 Å². The number of aliphatic carboxylic acids is 1. The van der Waals surface area contributed by atoms with Gasteiger partial charge in [0, 0.05) is 73.5 Å². The van der Waals surface area contributed by atoms with E-state index < -0.39 is 12.1 Å². The van der Waals surface area contributed by atoms with Gasteiger partial charge in [-0.05, 0) is 51.0 Å². The second-order valence-corrected chi connectivity index (χ2v) is 10.0. The lowest BCUT2D eigenvalue weighted by molar-refractivity contribution is -0.192. The molecule has 204 valence electrons. The summed E-state index contributed by atoms with van der Waals surface area (Å²) in [7, 11) is 1.90. The number of halogens is 3. The molecule has 4 heterocycles. The van der Waals surface area contributed by atoms with Gasteiger partial charge in [-0.15, -0.1) is 0 Å². The van der Waals surface area contributed by atoms with Gasteiger partial charge in [0.2, 0.25) is 0 Å². The summed E-state index contributed by atoms with van der Waals surface area (Å²) in [6.45, 7) is 9.91. The number of urea groups is 1. The summed E-state index contributed by atoms with van der Waals surface area (Å²) < 4.78 is 33.5. The number of aryl methyl sites for hydroxylation is 2. The van der Waals surface area contributed by atoms with E-state index in [1.54, 1.807) is 9.58 Å². The molecule has 0 saturated carbocycles. The third kappa shape index (κ3) is 5.82. The average molecular weight is 534 g/mol. The summed E-state index contributed by atoms with van der Waals surface area (Å²) in [5, 5.41) is 19.2. The molecule has 2 amide bonds. The fourth-order valence-corrected chi connectivity index (χ4v) is 4.73. The third-order valence-electron chi connectivity index (χ3n) is 6.46. The van der Waals surface area contributed by atoms with E-state index in [2.05, 4.69) is 45.5 Å². The maximum Gasteiger partial charge on any atom is 0.490 e. The van der Waals surface area contributed by atoms with Crippen LogP contribution in [-0.4, -0.2) is 69.8 Å². The lowest BCUT2D eigenvalue weighted by Crippen LogP contribution is -2.57. The molecule has 3 N–H and O–H groups in total. The van der Waals surface area contributed by atoms with Gasteiger partial charge in [0.05, 0.1) is 5.52 Å². The predicted molar refractivity (Wildman–Crippen MR) is 138 cm³/mol. The molecule has 3 aromatic rings. The van der Waals surface area contributed by atoms with E-state index in [1.165, 1.54) is 5.69 Å². The highest BCUT2D eigenvalue weighted by atomic mass is 19.4. The van der Waals surface area contributed by atoms with Crippen LogP contribution in [0.4, 0.5) is 35.2 Å². The molecule has 38 heavy (non-hydrogen) atoms. The molecular weight excluding hydrogens is 503 g/mol. The molecule has 2 aliphatic rings. The fourth-order valence-electron chi connectivity index (χ4n) is 4.73. The number of anilines is 3. The third-order valence-corrected chi connectivity index (χ3v) is 6.46. The lowest BCUT2D eigenvalue weighted by Gasteiger charge is -2.41. The van der Waals surface area contributed by atoms with E-state index in [4.69, 9.17) is 9.90 Å². The number of hydrogen-bond donors (Lipinski definition) is 3. The molecule has 2 aliphatic heterocycles. The van der Waals surface area contributed by atoms with Crippen LogP contribution in [0.15, 0.2) is 30.6 Å². The van der Waals surface area contributed by atoms with Crippen LogP contribution in [0.25, 0.3) is 10.9 Å². The molecule has 5 rings (SSSR count). The molecule has 0 radical (unpaired) electrons. The van der Waals surface area contributed by atoms with Crippen LogP contribution in [-0.2, 0) is 18.3 Å². The number of carboxylic acids is 1. The molecule has 13 heteroatoms. The molecule has 1 aromatic carbocycles. The van der Waals surface area contributed by atoms with Crippen molar-refractivity contribution in [2.75, 3.05) is 41.3 Å². The number of alkyl halides is 3.